The fraction of sp³-hybridized carbons (Fsp3) is 0.0690. The van der Waals surface area contributed by atoms with Crippen molar-refractivity contribution in [2.45, 2.75) is 26.2 Å². The van der Waals surface area contributed by atoms with E-state index in [0.29, 0.717) is 5.82 Å². The minimum Gasteiger partial charge on any atom is -0.456 e. The minimum absolute atomic E-state index is 0.123. The summed E-state index contributed by atoms with van der Waals surface area (Å²) >= 11 is 0. The number of hydrogen-bond acceptors (Lipinski definition) is 3. The largest absolute Gasteiger partial charge is 0.456 e. The van der Waals surface area contributed by atoms with E-state index in [9.17, 15) is 0 Å². The zero-order valence-electron chi connectivity index (χ0n) is 34.2. The fourth-order valence-electron chi connectivity index (χ4n) is 9.91. The molecule has 0 N–H and O–H groups in total. The van der Waals surface area contributed by atoms with Crippen LogP contribution in [0.15, 0.2) is 192 Å². The molecular weight excluding hydrogens is 741 g/mol. The first-order valence-electron chi connectivity index (χ1n) is 21.1. The maximum atomic E-state index is 6.17. The normalized spacial score (nSPS) is 13.0. The summed E-state index contributed by atoms with van der Waals surface area (Å²) in [6.07, 6.45) is 0. The molecule has 1 aliphatic rings. The predicted octanol–water partition coefficient (Wildman–Crippen LogP) is 15.6. The number of hydrogen-bond donors (Lipinski definition) is 0. The summed E-state index contributed by atoms with van der Waals surface area (Å²) in [5, 5.41) is 7.14. The second-order valence-electron chi connectivity index (χ2n) is 17.0. The molecule has 12 rings (SSSR count). The second-order valence-corrected chi connectivity index (χ2v) is 17.0. The highest BCUT2D eigenvalue weighted by Gasteiger charge is 2.37. The molecule has 0 radical (unpaired) electrons. The van der Waals surface area contributed by atoms with Crippen molar-refractivity contribution in [1.82, 2.24) is 9.97 Å². The van der Waals surface area contributed by atoms with E-state index in [4.69, 9.17) is 14.4 Å². The van der Waals surface area contributed by atoms with E-state index >= 15 is 0 Å². The van der Waals surface area contributed by atoms with E-state index in [1.165, 1.54) is 49.5 Å². The first kappa shape index (κ1) is 35.3. The van der Waals surface area contributed by atoms with Crippen LogP contribution in [0, 0.1) is 6.92 Å². The Kier molecular flexibility index (Phi) is 7.79. The second kappa shape index (κ2) is 13.5. The summed E-state index contributed by atoms with van der Waals surface area (Å²) in [4.78, 5) is 10.6. The summed E-state index contributed by atoms with van der Waals surface area (Å²) in [5.74, 6) is 0.697. The first-order valence-corrected chi connectivity index (χ1v) is 21.1. The van der Waals surface area contributed by atoms with Crippen molar-refractivity contribution in [2.24, 2.45) is 0 Å². The number of furan rings is 1. The van der Waals surface area contributed by atoms with Crippen molar-refractivity contribution in [2.75, 3.05) is 0 Å². The number of aryl methyl sites for hydroxylation is 1. The van der Waals surface area contributed by atoms with Crippen LogP contribution in [0.1, 0.15) is 30.5 Å². The highest BCUT2D eigenvalue weighted by Crippen LogP contribution is 2.54. The Bertz CT molecular complexity index is 3580. The molecule has 0 amide bonds. The average molecular weight is 781 g/mol. The molecule has 288 valence electrons. The molecule has 2 heterocycles. The number of rotatable bonds is 5. The SMILES string of the molecule is Cc1cc(-c2ccc3oc4ccccc4c3c2)cc(-c2cc(-c3ccc(-c4cccc5c4-c4cc6ccccc6cc4C5(C)C)c4ccccc34)nc(-c3ccccc3)n2)c1. The Morgan fingerprint density at radius 3 is 1.90 bits per heavy atom. The molecule has 0 bridgehead atoms. The predicted molar refractivity (Wildman–Crippen MR) is 254 cm³/mol. The quantitative estimate of drug-likeness (QED) is 0.175. The highest BCUT2D eigenvalue weighted by atomic mass is 16.3. The Labute approximate surface area is 354 Å². The molecule has 3 nitrogen and oxygen atoms in total. The fourth-order valence-corrected chi connectivity index (χ4v) is 9.91. The van der Waals surface area contributed by atoms with Gasteiger partial charge in [0.25, 0.3) is 0 Å². The van der Waals surface area contributed by atoms with Crippen molar-refractivity contribution < 1.29 is 4.42 Å². The molecule has 0 saturated carbocycles. The van der Waals surface area contributed by atoms with Crippen LogP contribution in [-0.2, 0) is 5.41 Å². The number of nitrogens with zero attached hydrogens (tertiary/aromatic N) is 2. The Morgan fingerprint density at radius 2 is 1.07 bits per heavy atom. The van der Waals surface area contributed by atoms with Gasteiger partial charge in [0.05, 0.1) is 11.4 Å². The lowest BCUT2D eigenvalue weighted by Gasteiger charge is -2.22. The summed E-state index contributed by atoms with van der Waals surface area (Å²) < 4.78 is 6.17. The van der Waals surface area contributed by atoms with Gasteiger partial charge in [0.2, 0.25) is 0 Å². The molecule has 2 aromatic heterocycles. The zero-order valence-corrected chi connectivity index (χ0v) is 34.2. The molecule has 0 aliphatic heterocycles. The third-order valence-corrected chi connectivity index (χ3v) is 12.9. The van der Waals surface area contributed by atoms with Crippen LogP contribution in [0.4, 0.5) is 0 Å². The molecule has 9 aromatic carbocycles. The van der Waals surface area contributed by atoms with Gasteiger partial charge in [-0.25, -0.2) is 9.97 Å². The molecule has 61 heavy (non-hydrogen) atoms. The first-order chi connectivity index (χ1) is 29.9. The standard InChI is InChI=1S/C58H40N2O/c1-35-28-40(39-24-27-55-48(31-39)46-20-11-12-23-54(46)61-55)30-41(29-35)52-34-53(60-57(59-52)36-14-5-4-6-15-36)45-26-25-44(42-18-9-10-19-43(42)45)47-21-13-22-50-56(47)49-32-37-16-7-8-17-38(37)33-51(49)58(50,2)3/h4-34H,1-3H3. The van der Waals surface area contributed by atoms with Gasteiger partial charge in [0.1, 0.15) is 11.2 Å². The third-order valence-electron chi connectivity index (χ3n) is 12.9. The lowest BCUT2D eigenvalue weighted by Crippen LogP contribution is -2.14. The average Bonchev–Trinajstić information content (AvgIpc) is 3.78. The lowest BCUT2D eigenvalue weighted by molar-refractivity contribution is 0.661. The Balaban J connectivity index is 1.03. The van der Waals surface area contributed by atoms with Crippen molar-refractivity contribution in [3.8, 4) is 67.3 Å². The van der Waals surface area contributed by atoms with Crippen LogP contribution >= 0.6 is 0 Å². The van der Waals surface area contributed by atoms with Gasteiger partial charge in [0.15, 0.2) is 5.82 Å². The number of fused-ring (bicyclic) bond motifs is 8. The van der Waals surface area contributed by atoms with E-state index in [1.54, 1.807) is 0 Å². The van der Waals surface area contributed by atoms with Gasteiger partial charge in [-0.3, -0.25) is 0 Å². The molecule has 0 fully saturated rings. The molecule has 1 aliphatic carbocycles. The van der Waals surface area contributed by atoms with Gasteiger partial charge in [-0.05, 0) is 127 Å². The van der Waals surface area contributed by atoms with Crippen molar-refractivity contribution in [1.29, 1.82) is 0 Å². The van der Waals surface area contributed by atoms with Crippen molar-refractivity contribution in [3.63, 3.8) is 0 Å². The number of para-hydroxylation sites is 1. The van der Waals surface area contributed by atoms with Gasteiger partial charge < -0.3 is 4.42 Å². The van der Waals surface area contributed by atoms with E-state index < -0.39 is 0 Å². The smallest absolute Gasteiger partial charge is 0.160 e. The van der Waals surface area contributed by atoms with Gasteiger partial charge in [-0.2, -0.15) is 0 Å². The monoisotopic (exact) mass is 780 g/mol. The van der Waals surface area contributed by atoms with Crippen LogP contribution in [0.25, 0.3) is 111 Å². The lowest BCUT2D eigenvalue weighted by atomic mass is 9.81. The molecule has 0 saturated heterocycles. The van der Waals surface area contributed by atoms with Crippen LogP contribution in [0.5, 0.6) is 0 Å². The highest BCUT2D eigenvalue weighted by molar-refractivity contribution is 6.09. The van der Waals surface area contributed by atoms with Crippen LogP contribution in [-0.4, -0.2) is 9.97 Å². The molecular formula is C58H40N2O. The molecule has 11 aromatic rings. The summed E-state index contributed by atoms with van der Waals surface area (Å²) in [6.45, 7) is 6.89. The van der Waals surface area contributed by atoms with Crippen LogP contribution < -0.4 is 0 Å². The minimum atomic E-state index is -0.123. The van der Waals surface area contributed by atoms with Gasteiger partial charge in [-0.15, -0.1) is 0 Å². The zero-order chi connectivity index (χ0) is 40.8. The topological polar surface area (TPSA) is 38.9 Å². The number of aromatic nitrogens is 2. The van der Waals surface area contributed by atoms with Crippen molar-refractivity contribution >= 4 is 43.5 Å². The Morgan fingerprint density at radius 1 is 0.393 bits per heavy atom. The van der Waals surface area contributed by atoms with Gasteiger partial charge >= 0.3 is 0 Å². The van der Waals surface area contributed by atoms with Gasteiger partial charge in [0, 0.05) is 32.9 Å². The van der Waals surface area contributed by atoms with Crippen LogP contribution in [0.2, 0.25) is 0 Å². The third kappa shape index (κ3) is 5.65. The van der Waals surface area contributed by atoms with Crippen molar-refractivity contribution in [3.05, 3.63) is 205 Å². The van der Waals surface area contributed by atoms with E-state index in [-0.39, 0.29) is 5.41 Å². The number of benzene rings is 9. The molecule has 3 heteroatoms. The van der Waals surface area contributed by atoms with E-state index in [2.05, 4.69) is 191 Å². The molecule has 0 unspecified atom stereocenters. The van der Waals surface area contributed by atoms with Crippen LogP contribution in [0.3, 0.4) is 0 Å². The summed E-state index contributed by atoms with van der Waals surface area (Å²) in [6, 6.07) is 67.8. The summed E-state index contributed by atoms with van der Waals surface area (Å²) in [5.41, 5.74) is 17.8. The molecule has 0 spiro atoms. The summed E-state index contributed by atoms with van der Waals surface area (Å²) in [7, 11) is 0. The maximum Gasteiger partial charge on any atom is 0.160 e. The van der Waals surface area contributed by atoms with Gasteiger partial charge in [-0.1, -0.05) is 153 Å². The molecule has 0 atom stereocenters. The maximum absolute atomic E-state index is 6.17. The Hall–Kier alpha value is -7.62. The van der Waals surface area contributed by atoms with E-state index in [1.807, 2.05) is 18.2 Å². The van der Waals surface area contributed by atoms with E-state index in [0.717, 1.165) is 72.1 Å².